The summed E-state index contributed by atoms with van der Waals surface area (Å²) in [6.45, 7) is 5.83. The second-order valence-corrected chi connectivity index (χ2v) is 5.75. The van der Waals surface area contributed by atoms with Gasteiger partial charge in [-0.1, -0.05) is 0 Å². The SMILES string of the molecule is CC(C)Oc1cc(C(=N)c2cc(N3CCC3)ncn2)c(N)cn1. The van der Waals surface area contributed by atoms with Crippen molar-refractivity contribution in [3.05, 3.63) is 35.9 Å². The summed E-state index contributed by atoms with van der Waals surface area (Å²) in [5.41, 5.74) is 7.74. The highest BCUT2D eigenvalue weighted by molar-refractivity contribution is 6.13. The molecule has 7 nitrogen and oxygen atoms in total. The Morgan fingerprint density at radius 3 is 2.70 bits per heavy atom. The van der Waals surface area contributed by atoms with Crippen molar-refractivity contribution in [2.75, 3.05) is 23.7 Å². The average molecular weight is 312 g/mol. The third-order valence-corrected chi connectivity index (χ3v) is 3.62. The molecule has 7 heteroatoms. The molecule has 0 saturated carbocycles. The van der Waals surface area contributed by atoms with Gasteiger partial charge in [0.1, 0.15) is 12.1 Å². The zero-order chi connectivity index (χ0) is 16.4. The first kappa shape index (κ1) is 15.2. The van der Waals surface area contributed by atoms with Gasteiger partial charge in [0.2, 0.25) is 5.88 Å². The maximum Gasteiger partial charge on any atom is 0.214 e. The number of hydrogen-bond acceptors (Lipinski definition) is 7. The molecule has 2 aromatic heterocycles. The minimum atomic E-state index is 0.00484. The van der Waals surface area contributed by atoms with Crippen LogP contribution in [0.4, 0.5) is 11.5 Å². The fraction of sp³-hybridized carbons (Fsp3) is 0.375. The molecular formula is C16H20N6O. The van der Waals surface area contributed by atoms with Crippen molar-refractivity contribution in [2.24, 2.45) is 0 Å². The third kappa shape index (κ3) is 3.23. The first-order valence-corrected chi connectivity index (χ1v) is 7.63. The molecule has 0 unspecified atom stereocenters. The molecule has 1 aliphatic heterocycles. The molecule has 23 heavy (non-hydrogen) atoms. The number of anilines is 2. The summed E-state index contributed by atoms with van der Waals surface area (Å²) in [6.07, 6.45) is 4.18. The van der Waals surface area contributed by atoms with E-state index in [1.54, 1.807) is 6.07 Å². The van der Waals surface area contributed by atoms with Gasteiger partial charge in [-0.25, -0.2) is 15.0 Å². The zero-order valence-electron chi connectivity index (χ0n) is 13.3. The minimum Gasteiger partial charge on any atom is -0.475 e. The number of aromatic nitrogens is 3. The highest BCUT2D eigenvalue weighted by atomic mass is 16.5. The number of nitrogens with zero attached hydrogens (tertiary/aromatic N) is 4. The van der Waals surface area contributed by atoms with Gasteiger partial charge in [-0.15, -0.1) is 0 Å². The fourth-order valence-corrected chi connectivity index (χ4v) is 2.31. The predicted octanol–water partition coefficient (Wildman–Crippen LogP) is 1.87. The lowest BCUT2D eigenvalue weighted by atomic mass is 10.1. The summed E-state index contributed by atoms with van der Waals surface area (Å²) in [7, 11) is 0. The fourth-order valence-electron chi connectivity index (χ4n) is 2.31. The lowest BCUT2D eigenvalue weighted by Crippen LogP contribution is -2.37. The Morgan fingerprint density at radius 1 is 1.26 bits per heavy atom. The van der Waals surface area contributed by atoms with Crippen molar-refractivity contribution in [3.63, 3.8) is 0 Å². The first-order valence-electron chi connectivity index (χ1n) is 7.63. The summed E-state index contributed by atoms with van der Waals surface area (Å²) in [4.78, 5) is 14.8. The second-order valence-electron chi connectivity index (χ2n) is 5.75. The molecule has 1 aliphatic rings. The van der Waals surface area contributed by atoms with Crippen LogP contribution in [0.3, 0.4) is 0 Å². The Bertz CT molecular complexity index is 726. The van der Waals surface area contributed by atoms with Crippen LogP contribution in [0.5, 0.6) is 5.88 Å². The topological polar surface area (TPSA) is 101 Å². The highest BCUT2D eigenvalue weighted by Gasteiger charge is 2.18. The summed E-state index contributed by atoms with van der Waals surface area (Å²) in [5, 5.41) is 8.43. The number of nitrogen functional groups attached to an aromatic ring is 1. The maximum absolute atomic E-state index is 8.43. The zero-order valence-corrected chi connectivity index (χ0v) is 13.3. The van der Waals surface area contributed by atoms with E-state index in [0.717, 1.165) is 18.9 Å². The van der Waals surface area contributed by atoms with Crippen molar-refractivity contribution in [3.8, 4) is 5.88 Å². The van der Waals surface area contributed by atoms with E-state index in [9.17, 15) is 0 Å². The van der Waals surface area contributed by atoms with Gasteiger partial charge in [0.05, 0.1) is 29.4 Å². The molecule has 0 amide bonds. The van der Waals surface area contributed by atoms with Crippen LogP contribution in [-0.2, 0) is 0 Å². The monoisotopic (exact) mass is 312 g/mol. The smallest absolute Gasteiger partial charge is 0.214 e. The minimum absolute atomic E-state index is 0.00484. The molecule has 3 rings (SSSR count). The van der Waals surface area contributed by atoms with Crippen molar-refractivity contribution >= 4 is 17.2 Å². The van der Waals surface area contributed by atoms with Crippen LogP contribution in [0.1, 0.15) is 31.5 Å². The lowest BCUT2D eigenvalue weighted by molar-refractivity contribution is 0.232. The van der Waals surface area contributed by atoms with Gasteiger partial charge >= 0.3 is 0 Å². The summed E-state index contributed by atoms with van der Waals surface area (Å²) in [6, 6.07) is 3.51. The normalized spacial score (nSPS) is 13.8. The van der Waals surface area contributed by atoms with E-state index in [1.807, 2.05) is 19.9 Å². The van der Waals surface area contributed by atoms with Gasteiger partial charge < -0.3 is 15.4 Å². The molecular weight excluding hydrogens is 292 g/mol. The Morgan fingerprint density at radius 2 is 2.04 bits per heavy atom. The molecule has 0 aliphatic carbocycles. The number of pyridine rings is 1. The molecule has 3 heterocycles. The third-order valence-electron chi connectivity index (χ3n) is 3.62. The van der Waals surface area contributed by atoms with E-state index < -0.39 is 0 Å². The van der Waals surface area contributed by atoms with Gasteiger partial charge in [-0.05, 0) is 20.3 Å². The molecule has 3 N–H and O–H groups in total. The molecule has 0 radical (unpaired) electrons. The Kier molecular flexibility index (Phi) is 4.10. The molecule has 1 fully saturated rings. The van der Waals surface area contributed by atoms with Gasteiger partial charge in [0.25, 0.3) is 0 Å². The van der Waals surface area contributed by atoms with E-state index in [1.165, 1.54) is 18.9 Å². The largest absolute Gasteiger partial charge is 0.475 e. The number of hydrogen-bond donors (Lipinski definition) is 2. The van der Waals surface area contributed by atoms with Crippen LogP contribution in [0.15, 0.2) is 24.7 Å². The van der Waals surface area contributed by atoms with E-state index >= 15 is 0 Å². The lowest BCUT2D eigenvalue weighted by Gasteiger charge is -2.31. The van der Waals surface area contributed by atoms with Crippen molar-refractivity contribution in [1.82, 2.24) is 15.0 Å². The quantitative estimate of drug-likeness (QED) is 0.817. The van der Waals surface area contributed by atoms with Crippen LogP contribution < -0.4 is 15.4 Å². The van der Waals surface area contributed by atoms with Gasteiger partial charge in [-0.2, -0.15) is 0 Å². The Hall–Kier alpha value is -2.70. The molecule has 0 bridgehead atoms. The van der Waals surface area contributed by atoms with Crippen LogP contribution >= 0.6 is 0 Å². The van der Waals surface area contributed by atoms with E-state index in [0.29, 0.717) is 22.8 Å². The molecule has 0 aromatic carbocycles. The molecule has 1 saturated heterocycles. The van der Waals surface area contributed by atoms with Crippen LogP contribution in [0.25, 0.3) is 0 Å². The number of rotatable bonds is 5. The predicted molar refractivity (Wildman–Crippen MR) is 89.2 cm³/mol. The van der Waals surface area contributed by atoms with Crippen molar-refractivity contribution < 1.29 is 4.74 Å². The summed E-state index contributed by atoms with van der Waals surface area (Å²) >= 11 is 0. The Balaban J connectivity index is 1.90. The summed E-state index contributed by atoms with van der Waals surface area (Å²) in [5.74, 6) is 1.29. The van der Waals surface area contributed by atoms with Crippen LogP contribution in [0, 0.1) is 5.41 Å². The molecule has 0 spiro atoms. The Labute approximate surface area is 135 Å². The highest BCUT2D eigenvalue weighted by Crippen LogP contribution is 2.23. The second kappa shape index (κ2) is 6.20. The molecule has 0 atom stereocenters. The average Bonchev–Trinajstić information content (AvgIpc) is 2.46. The standard InChI is InChI=1S/C16H20N6O/c1-10(2)23-15-6-11(12(17)8-19-15)16(18)13-7-14(21-9-20-13)22-4-3-5-22/h6-10,18H,3-5,17H2,1-2H3. The van der Waals surface area contributed by atoms with E-state index in [2.05, 4.69) is 19.9 Å². The first-order chi connectivity index (χ1) is 11.0. The van der Waals surface area contributed by atoms with Crippen LogP contribution in [0.2, 0.25) is 0 Å². The van der Waals surface area contributed by atoms with Gasteiger partial charge in [-0.3, -0.25) is 5.41 Å². The summed E-state index contributed by atoms with van der Waals surface area (Å²) < 4.78 is 5.58. The number of nitrogens with two attached hydrogens (primary N) is 1. The van der Waals surface area contributed by atoms with Crippen LogP contribution in [-0.4, -0.2) is 39.9 Å². The van der Waals surface area contributed by atoms with E-state index in [-0.39, 0.29) is 11.8 Å². The molecule has 2 aromatic rings. The molecule has 120 valence electrons. The maximum atomic E-state index is 8.43. The number of ether oxygens (including phenoxy) is 1. The van der Waals surface area contributed by atoms with Crippen molar-refractivity contribution in [2.45, 2.75) is 26.4 Å². The van der Waals surface area contributed by atoms with Gasteiger partial charge in [0.15, 0.2) is 0 Å². The van der Waals surface area contributed by atoms with Crippen molar-refractivity contribution in [1.29, 1.82) is 5.41 Å². The van der Waals surface area contributed by atoms with E-state index in [4.69, 9.17) is 15.9 Å². The number of nitrogens with one attached hydrogen (secondary N) is 1. The van der Waals surface area contributed by atoms with Gasteiger partial charge in [0, 0.05) is 30.8 Å².